The standard InChI is InChI=1S/C38H62O2/c1-32(2,3)25-19-21-26(33(4,5)6)31(27(22-20-25)34(7,8)9)40-38(37(16,17)18)23-28(35(10,11)12)30(39)29(24-38)36(13,14)15/h19-21,23-24,27H,22H2,1-18H3. The minimum atomic E-state index is -0.787. The van der Waals surface area contributed by atoms with Crippen LogP contribution < -0.4 is 0 Å². The highest BCUT2D eigenvalue weighted by Crippen LogP contribution is 2.52. The summed E-state index contributed by atoms with van der Waals surface area (Å²) in [5, 5.41) is 0. The highest BCUT2D eigenvalue weighted by molar-refractivity contribution is 6.11. The van der Waals surface area contributed by atoms with Crippen molar-refractivity contribution < 1.29 is 9.53 Å². The average molecular weight is 551 g/mol. The van der Waals surface area contributed by atoms with Crippen molar-refractivity contribution in [2.24, 2.45) is 38.4 Å². The molecule has 0 amide bonds. The third-order valence-electron chi connectivity index (χ3n) is 8.58. The van der Waals surface area contributed by atoms with E-state index >= 15 is 0 Å². The molecule has 0 aromatic heterocycles. The molecule has 0 saturated carbocycles. The van der Waals surface area contributed by atoms with Crippen LogP contribution in [0.5, 0.6) is 0 Å². The molecule has 0 bridgehead atoms. The molecular weight excluding hydrogens is 488 g/mol. The normalized spacial score (nSPS) is 21.9. The number of ether oxygens (including phenoxy) is 1. The van der Waals surface area contributed by atoms with Gasteiger partial charge in [-0.3, -0.25) is 4.79 Å². The van der Waals surface area contributed by atoms with Gasteiger partial charge in [0.25, 0.3) is 0 Å². The van der Waals surface area contributed by atoms with Crippen LogP contribution in [0, 0.1) is 38.4 Å². The Morgan fingerprint density at radius 3 is 1.43 bits per heavy atom. The number of ketones is 1. The van der Waals surface area contributed by atoms with Crippen molar-refractivity contribution in [3.8, 4) is 0 Å². The van der Waals surface area contributed by atoms with Gasteiger partial charge in [-0.1, -0.05) is 143 Å². The van der Waals surface area contributed by atoms with Gasteiger partial charge in [-0.15, -0.1) is 0 Å². The van der Waals surface area contributed by atoms with E-state index in [-0.39, 0.29) is 44.2 Å². The summed E-state index contributed by atoms with van der Waals surface area (Å²) >= 11 is 0. The van der Waals surface area contributed by atoms with Crippen molar-refractivity contribution in [2.45, 2.75) is 137 Å². The zero-order valence-corrected chi connectivity index (χ0v) is 29.5. The maximum absolute atomic E-state index is 14.0. The van der Waals surface area contributed by atoms with E-state index in [1.54, 1.807) is 0 Å². The van der Waals surface area contributed by atoms with Gasteiger partial charge in [-0.2, -0.15) is 0 Å². The number of hydrogen-bond donors (Lipinski definition) is 0. The molecular formula is C38H62O2. The van der Waals surface area contributed by atoms with Crippen molar-refractivity contribution in [3.05, 3.63) is 58.4 Å². The molecule has 0 aliphatic heterocycles. The first-order valence-corrected chi connectivity index (χ1v) is 15.4. The molecule has 0 heterocycles. The van der Waals surface area contributed by atoms with Crippen molar-refractivity contribution >= 4 is 5.78 Å². The first kappa shape index (κ1) is 34.4. The molecule has 0 aromatic carbocycles. The van der Waals surface area contributed by atoms with Crippen LogP contribution in [0.4, 0.5) is 0 Å². The largest absolute Gasteiger partial charge is 0.482 e. The Kier molecular flexibility index (Phi) is 8.99. The molecule has 0 aromatic rings. The van der Waals surface area contributed by atoms with Gasteiger partial charge in [0.1, 0.15) is 5.76 Å². The molecule has 0 spiro atoms. The van der Waals surface area contributed by atoms with Gasteiger partial charge in [0.15, 0.2) is 11.4 Å². The molecule has 40 heavy (non-hydrogen) atoms. The fourth-order valence-corrected chi connectivity index (χ4v) is 5.60. The Labute approximate surface area is 248 Å². The van der Waals surface area contributed by atoms with Crippen LogP contribution in [-0.2, 0) is 9.53 Å². The molecule has 2 nitrogen and oxygen atoms in total. The Morgan fingerprint density at radius 1 is 0.650 bits per heavy atom. The Balaban J connectivity index is 3.08. The Morgan fingerprint density at radius 2 is 1.10 bits per heavy atom. The van der Waals surface area contributed by atoms with Gasteiger partial charge in [0, 0.05) is 22.5 Å². The smallest absolute Gasteiger partial charge is 0.185 e. The van der Waals surface area contributed by atoms with E-state index in [0.717, 1.165) is 23.3 Å². The molecule has 0 radical (unpaired) electrons. The maximum atomic E-state index is 14.0. The fraction of sp³-hybridized carbons (Fsp3) is 0.711. The average Bonchev–Trinajstić information content (AvgIpc) is 2.65. The molecule has 0 fully saturated rings. The van der Waals surface area contributed by atoms with Gasteiger partial charge in [-0.25, -0.2) is 0 Å². The van der Waals surface area contributed by atoms with E-state index in [1.165, 1.54) is 11.1 Å². The summed E-state index contributed by atoms with van der Waals surface area (Å²) < 4.78 is 7.61. The second kappa shape index (κ2) is 10.5. The number of rotatable bonds is 2. The van der Waals surface area contributed by atoms with Gasteiger partial charge in [0.05, 0.1) is 0 Å². The molecule has 2 aliphatic carbocycles. The van der Waals surface area contributed by atoms with Crippen molar-refractivity contribution in [1.29, 1.82) is 0 Å². The summed E-state index contributed by atoms with van der Waals surface area (Å²) in [6, 6.07) is 0. The summed E-state index contributed by atoms with van der Waals surface area (Å²) in [7, 11) is 0. The molecule has 1 unspecified atom stereocenters. The topological polar surface area (TPSA) is 26.3 Å². The van der Waals surface area contributed by atoms with Gasteiger partial charge >= 0.3 is 0 Å². The molecule has 0 N–H and O–H groups in total. The third kappa shape index (κ3) is 7.32. The molecule has 1 atom stereocenters. The van der Waals surface area contributed by atoms with Crippen LogP contribution in [0.25, 0.3) is 0 Å². The Bertz CT molecular complexity index is 1100. The van der Waals surface area contributed by atoms with Crippen molar-refractivity contribution in [1.82, 2.24) is 0 Å². The summed E-state index contributed by atoms with van der Waals surface area (Å²) in [5.74, 6) is 1.37. The number of Topliss-reactive ketones (excluding diaryl/α,β-unsaturated/α-hetero) is 1. The molecule has 2 rings (SSSR count). The zero-order chi connectivity index (χ0) is 31.5. The van der Waals surface area contributed by atoms with Crippen molar-refractivity contribution in [3.63, 3.8) is 0 Å². The van der Waals surface area contributed by atoms with E-state index in [0.29, 0.717) is 0 Å². The summed E-state index contributed by atoms with van der Waals surface area (Å²) in [4.78, 5) is 14.0. The quantitative estimate of drug-likeness (QED) is 0.342. The van der Waals surface area contributed by atoms with Gasteiger partial charge in [0.2, 0.25) is 0 Å². The first-order valence-electron chi connectivity index (χ1n) is 15.4. The van der Waals surface area contributed by atoms with Crippen LogP contribution in [0.3, 0.4) is 0 Å². The number of hydrogen-bond acceptors (Lipinski definition) is 2. The van der Waals surface area contributed by atoms with Crippen LogP contribution in [0.15, 0.2) is 58.4 Å². The van der Waals surface area contributed by atoms with Crippen LogP contribution in [0.1, 0.15) is 131 Å². The Hall–Kier alpha value is -1.83. The predicted octanol–water partition coefficient (Wildman–Crippen LogP) is 11.2. The van der Waals surface area contributed by atoms with Crippen LogP contribution >= 0.6 is 0 Å². The van der Waals surface area contributed by atoms with Crippen molar-refractivity contribution in [2.75, 3.05) is 0 Å². The highest BCUT2D eigenvalue weighted by atomic mass is 16.5. The highest BCUT2D eigenvalue weighted by Gasteiger charge is 2.50. The minimum Gasteiger partial charge on any atom is -0.482 e. The summed E-state index contributed by atoms with van der Waals surface area (Å²) in [6.07, 6.45) is 12.3. The molecule has 2 aliphatic rings. The second-order valence-electron chi connectivity index (χ2n) is 18.5. The van der Waals surface area contributed by atoms with E-state index in [9.17, 15) is 4.79 Å². The molecule has 2 heteroatoms. The van der Waals surface area contributed by atoms with Gasteiger partial charge < -0.3 is 4.74 Å². The minimum absolute atomic E-state index is 0.0345. The third-order valence-corrected chi connectivity index (χ3v) is 8.58. The van der Waals surface area contributed by atoms with E-state index in [2.05, 4.69) is 155 Å². The lowest BCUT2D eigenvalue weighted by molar-refractivity contribution is -0.115. The lowest BCUT2D eigenvalue weighted by Crippen LogP contribution is -2.48. The summed E-state index contributed by atoms with van der Waals surface area (Å²) in [6.45, 7) is 40.3. The number of carbonyl (C=O) groups is 1. The zero-order valence-electron chi connectivity index (χ0n) is 29.5. The first-order chi connectivity index (χ1) is 17.5. The monoisotopic (exact) mass is 550 g/mol. The second-order valence-corrected chi connectivity index (χ2v) is 18.5. The lowest BCUT2D eigenvalue weighted by Gasteiger charge is -2.49. The number of carbonyl (C=O) groups excluding carboxylic acids is 1. The van der Waals surface area contributed by atoms with E-state index in [1.807, 2.05) is 0 Å². The van der Waals surface area contributed by atoms with E-state index < -0.39 is 5.60 Å². The van der Waals surface area contributed by atoms with E-state index in [4.69, 9.17) is 4.74 Å². The predicted molar refractivity (Wildman–Crippen MR) is 174 cm³/mol. The SMILES string of the molecule is CC(C)(C)C1=CCC(C(C)(C)C)C(OC2(C(C)(C)C)C=C(C(C)(C)C)C(=O)C(C(C)(C)C)=C2)=C(C(C)(C)C)C=C1. The lowest BCUT2D eigenvalue weighted by atomic mass is 9.64. The molecule has 0 saturated heterocycles. The molecule has 226 valence electrons. The van der Waals surface area contributed by atoms with Crippen LogP contribution in [0.2, 0.25) is 0 Å². The maximum Gasteiger partial charge on any atom is 0.185 e. The van der Waals surface area contributed by atoms with Gasteiger partial charge in [-0.05, 0) is 56.8 Å². The summed E-state index contributed by atoms with van der Waals surface area (Å²) in [5.41, 5.74) is 2.47. The van der Waals surface area contributed by atoms with Crippen LogP contribution in [-0.4, -0.2) is 11.4 Å². The fourth-order valence-electron chi connectivity index (χ4n) is 5.60. The number of allylic oxidation sites excluding steroid dienone is 8.